The molecule has 0 aromatic heterocycles. The van der Waals surface area contributed by atoms with Crippen LogP contribution in [-0.4, -0.2) is 26.9 Å². The molecule has 114 valence electrons. The van der Waals surface area contributed by atoms with Gasteiger partial charge in [-0.2, -0.15) is 5.26 Å². The molecule has 1 saturated carbocycles. The maximum Gasteiger partial charge on any atom is 0.180 e. The highest BCUT2D eigenvalue weighted by atomic mass is 32.2. The van der Waals surface area contributed by atoms with Gasteiger partial charge < -0.3 is 4.74 Å². The van der Waals surface area contributed by atoms with E-state index in [4.69, 9.17) is 10.00 Å². The summed E-state index contributed by atoms with van der Waals surface area (Å²) in [6.45, 7) is 2.40. The second-order valence-corrected chi connectivity index (χ2v) is 7.74. The molecule has 2 rings (SSSR count). The van der Waals surface area contributed by atoms with E-state index in [-0.39, 0.29) is 23.4 Å². The largest absolute Gasteiger partial charge is 0.377 e. The van der Waals surface area contributed by atoms with Gasteiger partial charge in [0.25, 0.3) is 0 Å². The lowest BCUT2D eigenvalue weighted by molar-refractivity contribution is 0.00302. The van der Waals surface area contributed by atoms with Crippen molar-refractivity contribution in [1.82, 2.24) is 0 Å². The van der Waals surface area contributed by atoms with Crippen molar-refractivity contribution in [1.29, 1.82) is 5.26 Å². The monoisotopic (exact) mass is 307 g/mol. The molecule has 1 aliphatic carbocycles. The van der Waals surface area contributed by atoms with Gasteiger partial charge in [-0.15, -0.1) is 0 Å². The number of benzene rings is 1. The molecule has 0 saturated heterocycles. The molecule has 0 aliphatic heterocycles. The van der Waals surface area contributed by atoms with Crippen molar-refractivity contribution in [2.45, 2.75) is 43.6 Å². The highest BCUT2D eigenvalue weighted by molar-refractivity contribution is 7.91. The van der Waals surface area contributed by atoms with E-state index < -0.39 is 9.84 Å². The Morgan fingerprint density at radius 2 is 1.90 bits per heavy atom. The number of hydrogen-bond donors (Lipinski definition) is 0. The Bertz CT molecular complexity index is 601. The molecule has 0 amide bonds. The summed E-state index contributed by atoms with van der Waals surface area (Å²) in [5.41, 5.74) is 0.459. The molecule has 1 aromatic carbocycles. The topological polar surface area (TPSA) is 67.2 Å². The number of nitrogens with zero attached hydrogens (tertiary/aromatic N) is 1. The molecule has 5 heteroatoms. The molecule has 1 aromatic rings. The predicted octanol–water partition coefficient (Wildman–Crippen LogP) is 2.93. The number of nitriles is 1. The van der Waals surface area contributed by atoms with Gasteiger partial charge in [-0.3, -0.25) is 0 Å². The summed E-state index contributed by atoms with van der Waals surface area (Å²) >= 11 is 0. The zero-order valence-corrected chi connectivity index (χ0v) is 13.1. The van der Waals surface area contributed by atoms with Crippen LogP contribution in [-0.2, 0) is 14.6 Å². The molecular weight excluding hydrogens is 286 g/mol. The molecule has 0 bridgehead atoms. The Hall–Kier alpha value is -1.38. The molecule has 0 N–H and O–H groups in total. The van der Waals surface area contributed by atoms with Gasteiger partial charge >= 0.3 is 0 Å². The van der Waals surface area contributed by atoms with E-state index in [1.165, 1.54) is 30.7 Å². The third kappa shape index (κ3) is 4.29. The van der Waals surface area contributed by atoms with E-state index in [9.17, 15) is 8.42 Å². The van der Waals surface area contributed by atoms with Crippen molar-refractivity contribution in [3.05, 3.63) is 29.8 Å². The van der Waals surface area contributed by atoms with Crippen LogP contribution in [0.1, 0.15) is 38.2 Å². The lowest BCUT2D eigenvalue weighted by Gasteiger charge is -2.28. The highest BCUT2D eigenvalue weighted by Gasteiger charge is 2.23. The average molecular weight is 307 g/mol. The van der Waals surface area contributed by atoms with E-state index in [0.29, 0.717) is 11.5 Å². The molecule has 0 radical (unpaired) electrons. The first-order chi connectivity index (χ1) is 10.0. The number of rotatable bonds is 5. The predicted molar refractivity (Wildman–Crippen MR) is 80.6 cm³/mol. The zero-order chi connectivity index (χ0) is 15.3. The third-order valence-corrected chi connectivity index (χ3v) is 5.75. The van der Waals surface area contributed by atoms with E-state index in [1.807, 2.05) is 6.07 Å². The van der Waals surface area contributed by atoms with E-state index in [2.05, 4.69) is 6.92 Å². The van der Waals surface area contributed by atoms with Crippen molar-refractivity contribution >= 4 is 9.84 Å². The summed E-state index contributed by atoms with van der Waals surface area (Å²) < 4.78 is 30.2. The van der Waals surface area contributed by atoms with Crippen LogP contribution in [0, 0.1) is 17.2 Å². The van der Waals surface area contributed by atoms with Crippen LogP contribution in [0.5, 0.6) is 0 Å². The molecule has 4 nitrogen and oxygen atoms in total. The lowest BCUT2D eigenvalue weighted by atomic mass is 9.88. The average Bonchev–Trinajstić information content (AvgIpc) is 2.49. The first-order valence-electron chi connectivity index (χ1n) is 7.37. The van der Waals surface area contributed by atoms with Gasteiger partial charge in [-0.05, 0) is 43.0 Å². The Morgan fingerprint density at radius 3 is 2.52 bits per heavy atom. The fourth-order valence-electron chi connectivity index (χ4n) is 2.69. The Labute approximate surface area is 126 Å². The summed E-state index contributed by atoms with van der Waals surface area (Å²) in [6, 6.07) is 7.99. The van der Waals surface area contributed by atoms with Crippen LogP contribution in [0.15, 0.2) is 29.2 Å². The molecule has 2 unspecified atom stereocenters. The Morgan fingerprint density at radius 1 is 1.24 bits per heavy atom. The molecular formula is C16H21NO3S. The molecule has 0 spiro atoms. The van der Waals surface area contributed by atoms with Gasteiger partial charge in [0, 0.05) is 0 Å². The molecule has 1 fully saturated rings. The minimum atomic E-state index is -3.34. The van der Waals surface area contributed by atoms with Crippen molar-refractivity contribution in [3.63, 3.8) is 0 Å². The third-order valence-electron chi connectivity index (χ3n) is 4.06. The Balaban J connectivity index is 1.90. The summed E-state index contributed by atoms with van der Waals surface area (Å²) in [6.07, 6.45) is 4.78. The minimum absolute atomic E-state index is 0.0118. The van der Waals surface area contributed by atoms with Crippen molar-refractivity contribution in [2.75, 3.05) is 12.4 Å². The maximum absolute atomic E-state index is 12.2. The van der Waals surface area contributed by atoms with Gasteiger partial charge in [-0.25, -0.2) is 8.42 Å². The van der Waals surface area contributed by atoms with Crippen LogP contribution in [0.4, 0.5) is 0 Å². The van der Waals surface area contributed by atoms with Crippen LogP contribution in [0.25, 0.3) is 0 Å². The van der Waals surface area contributed by atoms with Gasteiger partial charge in [-0.1, -0.05) is 19.8 Å². The van der Waals surface area contributed by atoms with Crippen LogP contribution in [0.3, 0.4) is 0 Å². The van der Waals surface area contributed by atoms with Gasteiger partial charge in [0.05, 0.1) is 35.0 Å². The maximum atomic E-state index is 12.2. The molecule has 21 heavy (non-hydrogen) atoms. The van der Waals surface area contributed by atoms with E-state index >= 15 is 0 Å². The van der Waals surface area contributed by atoms with Gasteiger partial charge in [0.1, 0.15) is 0 Å². The smallest absolute Gasteiger partial charge is 0.180 e. The van der Waals surface area contributed by atoms with Crippen LogP contribution in [0.2, 0.25) is 0 Å². The summed E-state index contributed by atoms with van der Waals surface area (Å²) in [7, 11) is -3.34. The van der Waals surface area contributed by atoms with Crippen LogP contribution < -0.4 is 0 Å². The van der Waals surface area contributed by atoms with Crippen molar-refractivity contribution in [2.24, 2.45) is 5.92 Å². The highest BCUT2D eigenvalue weighted by Crippen LogP contribution is 2.26. The van der Waals surface area contributed by atoms with Crippen LogP contribution >= 0.6 is 0 Å². The quantitative estimate of drug-likeness (QED) is 0.839. The first kappa shape index (κ1) is 16.0. The number of hydrogen-bond acceptors (Lipinski definition) is 4. The van der Waals surface area contributed by atoms with Gasteiger partial charge in [0.15, 0.2) is 9.84 Å². The van der Waals surface area contributed by atoms with Gasteiger partial charge in [0.2, 0.25) is 0 Å². The summed E-state index contributed by atoms with van der Waals surface area (Å²) in [4.78, 5) is 0.252. The fraction of sp³-hybridized carbons (Fsp3) is 0.562. The minimum Gasteiger partial charge on any atom is -0.377 e. The summed E-state index contributed by atoms with van der Waals surface area (Å²) in [5.74, 6) is 0.499. The first-order valence-corrected chi connectivity index (χ1v) is 9.02. The summed E-state index contributed by atoms with van der Waals surface area (Å²) in [5, 5.41) is 8.72. The number of ether oxygens (including phenoxy) is 1. The van der Waals surface area contributed by atoms with Crippen molar-refractivity contribution in [3.8, 4) is 6.07 Å². The zero-order valence-electron chi connectivity index (χ0n) is 12.3. The molecule has 2 atom stereocenters. The molecule has 1 aliphatic rings. The fourth-order valence-corrected chi connectivity index (χ4v) is 3.80. The molecule has 0 heterocycles. The second kappa shape index (κ2) is 7.06. The van der Waals surface area contributed by atoms with E-state index in [0.717, 1.165) is 19.3 Å². The Kier molecular flexibility index (Phi) is 5.38. The second-order valence-electron chi connectivity index (χ2n) is 5.63. The van der Waals surface area contributed by atoms with Crippen molar-refractivity contribution < 1.29 is 13.2 Å². The lowest BCUT2D eigenvalue weighted by Crippen LogP contribution is -2.27. The van der Waals surface area contributed by atoms with E-state index in [1.54, 1.807) is 0 Å². The SMILES string of the molecule is CC1CCCCC1OCCS(=O)(=O)c1ccc(C#N)cc1. The normalized spacial score (nSPS) is 22.7. The number of sulfone groups is 1. The standard InChI is InChI=1S/C16H21NO3S/c1-13-4-2-3-5-16(13)20-10-11-21(18,19)15-8-6-14(12-17)7-9-15/h6-9,13,16H,2-5,10-11H2,1H3.